The van der Waals surface area contributed by atoms with Crippen LogP contribution in [0.25, 0.3) is 0 Å². The maximum Gasteiger partial charge on any atom is 0.446 e. The lowest BCUT2D eigenvalue weighted by Crippen LogP contribution is -2.23. The number of sulfonamides is 1. The first kappa shape index (κ1) is 22.4. The number of hydrogen-bond acceptors (Lipinski definition) is 5. The van der Waals surface area contributed by atoms with Gasteiger partial charge in [0.05, 0.1) is 17.8 Å². The van der Waals surface area contributed by atoms with Gasteiger partial charge in [0.25, 0.3) is 0 Å². The lowest BCUT2D eigenvalue weighted by Gasteiger charge is -2.10. The van der Waals surface area contributed by atoms with Gasteiger partial charge in [0.1, 0.15) is 12.4 Å². The van der Waals surface area contributed by atoms with E-state index in [9.17, 15) is 21.6 Å². The van der Waals surface area contributed by atoms with Gasteiger partial charge < -0.3 is 9.15 Å². The first-order valence-corrected chi connectivity index (χ1v) is 11.0. The van der Waals surface area contributed by atoms with Gasteiger partial charge in [0.15, 0.2) is 0 Å². The summed E-state index contributed by atoms with van der Waals surface area (Å²) in [5.74, 6) is 0.707. The number of benzene rings is 2. The molecule has 3 aromatic rings. The smallest absolute Gasteiger partial charge is 0.446 e. The number of hydrogen-bond donors (Lipinski definition) is 1. The molecular formula is C20H18F3NO4S2. The van der Waals surface area contributed by atoms with E-state index in [1.54, 1.807) is 30.5 Å². The van der Waals surface area contributed by atoms with Gasteiger partial charge in [0, 0.05) is 11.4 Å². The van der Waals surface area contributed by atoms with Crippen molar-refractivity contribution in [2.45, 2.75) is 35.1 Å². The molecule has 2 aromatic carbocycles. The first-order valence-electron chi connectivity index (χ1n) is 8.75. The van der Waals surface area contributed by atoms with Gasteiger partial charge in [-0.25, -0.2) is 13.1 Å². The Bertz CT molecular complexity index is 1050. The molecule has 0 bridgehead atoms. The molecule has 0 aliphatic heterocycles. The molecule has 1 heterocycles. The van der Waals surface area contributed by atoms with Gasteiger partial charge in [-0.15, -0.1) is 0 Å². The summed E-state index contributed by atoms with van der Waals surface area (Å²) in [6, 6.07) is 15.4. The lowest BCUT2D eigenvalue weighted by molar-refractivity contribution is -0.0328. The van der Waals surface area contributed by atoms with Gasteiger partial charge >= 0.3 is 5.51 Å². The molecule has 160 valence electrons. The summed E-state index contributed by atoms with van der Waals surface area (Å²) in [7, 11) is -3.86. The molecule has 0 unspecified atom stereocenters. The molecule has 0 saturated carbocycles. The monoisotopic (exact) mass is 457 g/mol. The van der Waals surface area contributed by atoms with Crippen molar-refractivity contribution in [2.75, 3.05) is 0 Å². The van der Waals surface area contributed by atoms with Gasteiger partial charge in [-0.2, -0.15) is 13.2 Å². The molecule has 0 aliphatic rings. The molecular weight excluding hydrogens is 439 g/mol. The highest BCUT2D eigenvalue weighted by atomic mass is 32.2. The highest BCUT2D eigenvalue weighted by Gasteiger charge is 2.29. The highest BCUT2D eigenvalue weighted by Crippen LogP contribution is 2.36. The minimum absolute atomic E-state index is 0.0351. The Morgan fingerprint density at radius 2 is 1.70 bits per heavy atom. The zero-order valence-electron chi connectivity index (χ0n) is 15.6. The molecule has 0 spiro atoms. The molecule has 0 amide bonds. The van der Waals surface area contributed by atoms with Gasteiger partial charge in [-0.1, -0.05) is 24.3 Å². The van der Waals surface area contributed by atoms with Crippen molar-refractivity contribution in [3.8, 4) is 0 Å². The minimum atomic E-state index is -4.43. The van der Waals surface area contributed by atoms with E-state index in [0.717, 1.165) is 35.4 Å². The second-order valence-electron chi connectivity index (χ2n) is 6.24. The highest BCUT2D eigenvalue weighted by molar-refractivity contribution is 8.00. The number of ether oxygens (including phenoxy) is 1. The number of furan rings is 1. The third kappa shape index (κ3) is 6.91. The van der Waals surface area contributed by atoms with Gasteiger partial charge in [-0.05, 0) is 59.3 Å². The van der Waals surface area contributed by atoms with Crippen molar-refractivity contribution in [3.05, 3.63) is 83.8 Å². The van der Waals surface area contributed by atoms with Crippen molar-refractivity contribution in [2.24, 2.45) is 0 Å². The molecule has 0 aliphatic carbocycles. The van der Waals surface area contributed by atoms with Gasteiger partial charge in [0.2, 0.25) is 10.0 Å². The molecule has 0 radical (unpaired) electrons. The van der Waals surface area contributed by atoms with E-state index >= 15 is 0 Å². The third-order valence-electron chi connectivity index (χ3n) is 3.92. The number of nitrogens with one attached hydrogen (secondary N) is 1. The zero-order chi connectivity index (χ0) is 21.6. The van der Waals surface area contributed by atoms with E-state index in [0.29, 0.717) is 19.0 Å². The molecule has 1 aromatic heterocycles. The number of rotatable bonds is 9. The Hall–Kier alpha value is -2.27. The summed E-state index contributed by atoms with van der Waals surface area (Å²) in [6.45, 7) is 0.694. The van der Waals surface area contributed by atoms with Crippen LogP contribution in [0.15, 0.2) is 81.1 Å². The first-order chi connectivity index (χ1) is 14.2. The van der Waals surface area contributed by atoms with Crippen LogP contribution in [0.5, 0.6) is 0 Å². The number of halogens is 3. The van der Waals surface area contributed by atoms with Crippen LogP contribution in [-0.4, -0.2) is 13.9 Å². The molecule has 0 saturated heterocycles. The Morgan fingerprint density at radius 1 is 0.967 bits per heavy atom. The van der Waals surface area contributed by atoms with Crippen LogP contribution in [0.1, 0.15) is 16.9 Å². The molecule has 10 heteroatoms. The molecule has 30 heavy (non-hydrogen) atoms. The Balaban J connectivity index is 1.56. The molecule has 0 fully saturated rings. The van der Waals surface area contributed by atoms with Crippen LogP contribution in [0.2, 0.25) is 0 Å². The van der Waals surface area contributed by atoms with Gasteiger partial charge in [-0.3, -0.25) is 0 Å². The molecule has 1 N–H and O–H groups in total. The fourth-order valence-electron chi connectivity index (χ4n) is 2.58. The summed E-state index contributed by atoms with van der Waals surface area (Å²) in [4.78, 5) is -0.185. The maximum atomic E-state index is 12.4. The van der Waals surface area contributed by atoms with E-state index in [1.165, 1.54) is 0 Å². The zero-order valence-corrected chi connectivity index (χ0v) is 17.2. The van der Waals surface area contributed by atoms with E-state index in [4.69, 9.17) is 9.15 Å². The normalized spacial score (nSPS) is 12.2. The van der Waals surface area contributed by atoms with Crippen LogP contribution in [0.4, 0.5) is 13.2 Å². The lowest BCUT2D eigenvalue weighted by atomic mass is 10.1. The predicted octanol–water partition coefficient (Wildman–Crippen LogP) is 5.09. The number of thioether (sulfide) groups is 1. The minimum Gasteiger partial charge on any atom is -0.467 e. The van der Waals surface area contributed by atoms with Crippen molar-refractivity contribution in [1.82, 2.24) is 4.72 Å². The summed E-state index contributed by atoms with van der Waals surface area (Å²) in [5.41, 5.74) is -2.83. The van der Waals surface area contributed by atoms with Crippen LogP contribution in [0, 0.1) is 0 Å². The standard InChI is InChI=1S/C20H18F3NO4S2/c21-20(22,23)29-18-6-8-19(9-7-18)30(25,26)24-12-15-3-1-4-16(11-15)13-27-14-17-5-2-10-28-17/h1-11,24H,12-14H2. The number of alkyl halides is 3. The summed E-state index contributed by atoms with van der Waals surface area (Å²) in [6.07, 6.45) is 1.56. The molecule has 5 nitrogen and oxygen atoms in total. The summed E-state index contributed by atoms with van der Waals surface area (Å²) >= 11 is -0.296. The third-order valence-corrected chi connectivity index (χ3v) is 6.07. The second kappa shape index (κ2) is 9.69. The molecule has 0 atom stereocenters. The van der Waals surface area contributed by atoms with Crippen molar-refractivity contribution in [3.63, 3.8) is 0 Å². The Kier molecular flexibility index (Phi) is 7.24. The fraction of sp³-hybridized carbons (Fsp3) is 0.200. The largest absolute Gasteiger partial charge is 0.467 e. The van der Waals surface area contributed by atoms with Crippen LogP contribution < -0.4 is 4.72 Å². The molecule has 3 rings (SSSR count). The fourth-order valence-corrected chi connectivity index (χ4v) is 4.13. The van der Waals surface area contributed by atoms with Crippen LogP contribution in [-0.2, 0) is 34.5 Å². The van der Waals surface area contributed by atoms with Crippen LogP contribution in [0.3, 0.4) is 0 Å². The predicted molar refractivity (Wildman–Crippen MR) is 106 cm³/mol. The average molecular weight is 457 g/mol. The topological polar surface area (TPSA) is 68.5 Å². The SMILES string of the molecule is O=S(=O)(NCc1cccc(COCc2ccco2)c1)c1ccc(SC(F)(F)F)cc1. The Labute approximate surface area is 176 Å². The van der Waals surface area contributed by atoms with Crippen LogP contribution >= 0.6 is 11.8 Å². The van der Waals surface area contributed by atoms with E-state index in [2.05, 4.69) is 4.72 Å². The van der Waals surface area contributed by atoms with E-state index in [-0.39, 0.29) is 28.1 Å². The second-order valence-corrected chi connectivity index (χ2v) is 9.14. The maximum absolute atomic E-state index is 12.4. The average Bonchev–Trinajstić information content (AvgIpc) is 3.20. The van der Waals surface area contributed by atoms with E-state index in [1.807, 2.05) is 12.1 Å². The van der Waals surface area contributed by atoms with Crippen molar-refractivity contribution in [1.29, 1.82) is 0 Å². The van der Waals surface area contributed by atoms with E-state index < -0.39 is 15.5 Å². The summed E-state index contributed by atoms with van der Waals surface area (Å²) < 4.78 is 75.2. The van der Waals surface area contributed by atoms with Crippen molar-refractivity contribution < 1.29 is 30.7 Å². The quantitative estimate of drug-likeness (QED) is 0.454. The van der Waals surface area contributed by atoms with Crippen molar-refractivity contribution >= 4 is 21.8 Å². The Morgan fingerprint density at radius 3 is 2.37 bits per heavy atom. The summed E-state index contributed by atoms with van der Waals surface area (Å²) in [5, 5.41) is 0.